The number of rotatable bonds is 3. The summed E-state index contributed by atoms with van der Waals surface area (Å²) in [5.41, 5.74) is 8.50. The lowest BCUT2D eigenvalue weighted by Gasteiger charge is -2.33. The van der Waals surface area contributed by atoms with Crippen LogP contribution in [0.1, 0.15) is 23.6 Å². The van der Waals surface area contributed by atoms with Gasteiger partial charge in [0.25, 0.3) is 0 Å². The summed E-state index contributed by atoms with van der Waals surface area (Å²) in [5, 5.41) is 0. The molecule has 0 radical (unpaired) electrons. The molecule has 110 valence electrons. The average molecular weight is 302 g/mol. The smallest absolute Gasteiger partial charge is 0.239 e. The highest BCUT2D eigenvalue weighted by Crippen LogP contribution is 2.34. The fourth-order valence-electron chi connectivity index (χ4n) is 2.71. The molecule has 0 aliphatic carbocycles. The second-order valence-corrected chi connectivity index (χ2v) is 7.16. The highest BCUT2D eigenvalue weighted by atomic mass is 32.2. The molecular weight excluding hydrogens is 284 g/mol. The zero-order valence-corrected chi connectivity index (χ0v) is 12.5. The fraction of sp³-hybridized carbons (Fsp3) is 0.250. The largest absolute Gasteiger partial charge is 0.324 e. The Hall–Kier alpha value is -1.85. The molecule has 1 heterocycles. The van der Waals surface area contributed by atoms with Crippen molar-refractivity contribution in [3.63, 3.8) is 0 Å². The van der Waals surface area contributed by atoms with E-state index >= 15 is 0 Å². The van der Waals surface area contributed by atoms with Crippen LogP contribution in [0.3, 0.4) is 0 Å². The summed E-state index contributed by atoms with van der Waals surface area (Å²) < 4.78 is 26.9. The van der Waals surface area contributed by atoms with E-state index < -0.39 is 10.0 Å². The van der Waals surface area contributed by atoms with Crippen molar-refractivity contribution in [1.82, 2.24) is 0 Å². The predicted molar refractivity (Wildman–Crippen MR) is 84.4 cm³/mol. The fourth-order valence-corrected chi connectivity index (χ4v) is 4.33. The highest BCUT2D eigenvalue weighted by molar-refractivity contribution is 7.92. The van der Waals surface area contributed by atoms with Gasteiger partial charge in [-0.1, -0.05) is 48.5 Å². The molecule has 0 spiro atoms. The summed E-state index contributed by atoms with van der Waals surface area (Å²) in [6, 6.07) is 16.6. The first kappa shape index (κ1) is 14.1. The van der Waals surface area contributed by atoms with Crippen LogP contribution in [0.4, 0.5) is 5.69 Å². The molecule has 4 nitrogen and oxygen atoms in total. The van der Waals surface area contributed by atoms with Gasteiger partial charge in [0.1, 0.15) is 0 Å². The van der Waals surface area contributed by atoms with Gasteiger partial charge in [-0.05, 0) is 23.6 Å². The van der Waals surface area contributed by atoms with E-state index in [-0.39, 0.29) is 11.8 Å². The lowest BCUT2D eigenvalue weighted by atomic mass is 9.99. The summed E-state index contributed by atoms with van der Waals surface area (Å²) in [4.78, 5) is 0. The third-order valence-corrected chi connectivity index (χ3v) is 5.52. The minimum atomic E-state index is -3.40. The summed E-state index contributed by atoms with van der Waals surface area (Å²) >= 11 is 0. The Kier molecular flexibility index (Phi) is 3.69. The Balaban J connectivity index is 1.95. The van der Waals surface area contributed by atoms with E-state index in [1.807, 2.05) is 54.6 Å². The number of sulfonamides is 1. The quantitative estimate of drug-likeness (QED) is 0.947. The Morgan fingerprint density at radius 3 is 2.48 bits per heavy atom. The maximum absolute atomic E-state index is 12.7. The summed E-state index contributed by atoms with van der Waals surface area (Å²) in [7, 11) is -3.40. The molecule has 0 amide bonds. The molecule has 2 aromatic carbocycles. The molecule has 0 fully saturated rings. The summed E-state index contributed by atoms with van der Waals surface area (Å²) in [5.74, 6) is 0.0113. The first-order valence-electron chi connectivity index (χ1n) is 6.97. The maximum Gasteiger partial charge on any atom is 0.239 e. The number of para-hydroxylation sites is 1. The lowest BCUT2D eigenvalue weighted by molar-refractivity contribution is 0.573. The van der Waals surface area contributed by atoms with E-state index in [9.17, 15) is 8.42 Å². The Morgan fingerprint density at radius 2 is 1.71 bits per heavy atom. The minimum absolute atomic E-state index is 0.0113. The third-order valence-electron chi connectivity index (χ3n) is 3.78. The molecule has 1 aliphatic rings. The van der Waals surface area contributed by atoms with Crippen LogP contribution in [0.15, 0.2) is 54.6 Å². The van der Waals surface area contributed by atoms with Crippen LogP contribution in [0.2, 0.25) is 0 Å². The van der Waals surface area contributed by atoms with Crippen LogP contribution in [0.25, 0.3) is 0 Å². The molecule has 0 saturated carbocycles. The highest BCUT2D eigenvalue weighted by Gasteiger charge is 2.30. The topological polar surface area (TPSA) is 63.4 Å². The monoisotopic (exact) mass is 302 g/mol. The molecule has 5 heteroatoms. The van der Waals surface area contributed by atoms with Crippen molar-refractivity contribution in [3.05, 3.63) is 65.7 Å². The molecule has 0 aromatic heterocycles. The van der Waals surface area contributed by atoms with Gasteiger partial charge in [-0.15, -0.1) is 0 Å². The molecule has 2 aromatic rings. The summed E-state index contributed by atoms with van der Waals surface area (Å²) in [6.07, 6.45) is 0.644. The number of hydrogen-bond acceptors (Lipinski definition) is 3. The molecular formula is C16H18N2O2S. The second kappa shape index (κ2) is 5.50. The van der Waals surface area contributed by atoms with Crippen molar-refractivity contribution in [2.24, 2.45) is 5.73 Å². The van der Waals surface area contributed by atoms with Crippen LogP contribution in [-0.4, -0.2) is 15.0 Å². The van der Waals surface area contributed by atoms with E-state index in [4.69, 9.17) is 5.73 Å². The Bertz CT molecular complexity index is 729. The second-order valence-electron chi connectivity index (χ2n) is 5.27. The van der Waals surface area contributed by atoms with Crippen molar-refractivity contribution in [2.45, 2.75) is 18.2 Å². The van der Waals surface area contributed by atoms with E-state index in [0.717, 1.165) is 11.1 Å². The van der Waals surface area contributed by atoms with Crippen molar-refractivity contribution >= 4 is 15.7 Å². The maximum atomic E-state index is 12.7. The van der Waals surface area contributed by atoms with E-state index in [0.29, 0.717) is 18.7 Å². The minimum Gasteiger partial charge on any atom is -0.324 e. The molecule has 3 rings (SSSR count). The molecule has 1 atom stereocenters. The van der Waals surface area contributed by atoms with Gasteiger partial charge in [0.15, 0.2) is 0 Å². The number of hydrogen-bond donors (Lipinski definition) is 1. The van der Waals surface area contributed by atoms with Gasteiger partial charge in [-0.3, -0.25) is 4.31 Å². The first-order chi connectivity index (χ1) is 10.1. The zero-order valence-electron chi connectivity index (χ0n) is 11.6. The molecule has 2 N–H and O–H groups in total. The van der Waals surface area contributed by atoms with Crippen LogP contribution >= 0.6 is 0 Å². The van der Waals surface area contributed by atoms with Crippen LogP contribution in [-0.2, 0) is 15.8 Å². The Labute approximate surface area is 125 Å². The molecule has 0 saturated heterocycles. The molecule has 1 aliphatic heterocycles. The van der Waals surface area contributed by atoms with Crippen LogP contribution in [0, 0.1) is 0 Å². The number of anilines is 1. The van der Waals surface area contributed by atoms with E-state index in [1.54, 1.807) is 0 Å². The van der Waals surface area contributed by atoms with E-state index in [2.05, 4.69) is 0 Å². The van der Waals surface area contributed by atoms with Gasteiger partial charge >= 0.3 is 0 Å². The normalized spacial score (nSPS) is 18.3. The van der Waals surface area contributed by atoms with Gasteiger partial charge in [0.2, 0.25) is 10.0 Å². The number of fused-ring (bicyclic) bond motifs is 1. The number of nitrogens with two attached hydrogens (primary N) is 1. The standard InChI is InChI=1S/C16H18N2O2S/c17-15-10-11-18(16-9-5-4-8-14(15)16)21(19,20)12-13-6-2-1-3-7-13/h1-9,15H,10-12,17H2. The van der Waals surface area contributed by atoms with Crippen LogP contribution in [0.5, 0.6) is 0 Å². The summed E-state index contributed by atoms with van der Waals surface area (Å²) in [6.45, 7) is 0.438. The third kappa shape index (κ3) is 2.80. The SMILES string of the molecule is NC1CCN(S(=O)(=O)Cc2ccccc2)c2ccccc21. The predicted octanol–water partition coefficient (Wildman–Crippen LogP) is 2.43. The zero-order chi connectivity index (χ0) is 14.9. The van der Waals surface area contributed by atoms with Crippen molar-refractivity contribution in [1.29, 1.82) is 0 Å². The Morgan fingerprint density at radius 1 is 1.05 bits per heavy atom. The molecule has 21 heavy (non-hydrogen) atoms. The van der Waals surface area contributed by atoms with Gasteiger partial charge < -0.3 is 5.73 Å². The van der Waals surface area contributed by atoms with Gasteiger partial charge in [-0.25, -0.2) is 8.42 Å². The first-order valence-corrected chi connectivity index (χ1v) is 8.58. The van der Waals surface area contributed by atoms with Crippen molar-refractivity contribution in [2.75, 3.05) is 10.8 Å². The van der Waals surface area contributed by atoms with Gasteiger partial charge in [0.05, 0.1) is 11.4 Å². The van der Waals surface area contributed by atoms with Crippen molar-refractivity contribution in [3.8, 4) is 0 Å². The van der Waals surface area contributed by atoms with E-state index in [1.165, 1.54) is 4.31 Å². The molecule has 1 unspecified atom stereocenters. The van der Waals surface area contributed by atoms with Gasteiger partial charge in [-0.2, -0.15) is 0 Å². The van der Waals surface area contributed by atoms with Crippen molar-refractivity contribution < 1.29 is 8.42 Å². The number of nitrogens with zero attached hydrogens (tertiary/aromatic N) is 1. The average Bonchev–Trinajstić information content (AvgIpc) is 2.48. The van der Waals surface area contributed by atoms with Crippen LogP contribution < -0.4 is 10.0 Å². The lowest BCUT2D eigenvalue weighted by Crippen LogP contribution is -2.38. The number of benzene rings is 2. The van der Waals surface area contributed by atoms with Gasteiger partial charge in [0, 0.05) is 12.6 Å². The molecule has 0 bridgehead atoms.